The smallest absolute Gasteiger partial charge is 0.349 e. The van der Waals surface area contributed by atoms with Crippen molar-refractivity contribution in [1.82, 2.24) is 5.32 Å². The lowest BCUT2D eigenvalue weighted by Gasteiger charge is -2.12. The van der Waals surface area contributed by atoms with Gasteiger partial charge in [-0.05, 0) is 37.8 Å². The number of esters is 1. The van der Waals surface area contributed by atoms with Crippen LogP contribution in [0.4, 0.5) is 0 Å². The number of carbonyl (C=O) groups is 2. The molecule has 2 aromatic rings. The Morgan fingerprint density at radius 2 is 1.91 bits per heavy atom. The zero-order valence-corrected chi connectivity index (χ0v) is 13.7. The highest BCUT2D eigenvalue weighted by atomic mass is 32.1. The summed E-state index contributed by atoms with van der Waals surface area (Å²) in [5.41, 5.74) is 2.95. The Morgan fingerprint density at radius 1 is 1.23 bits per heavy atom. The lowest BCUT2D eigenvalue weighted by atomic mass is 10.1. The predicted octanol–water partition coefficient (Wildman–Crippen LogP) is 3.40. The maximum Gasteiger partial charge on any atom is 0.349 e. The summed E-state index contributed by atoms with van der Waals surface area (Å²) in [5, 5.41) is 4.49. The number of ether oxygens (including phenoxy) is 1. The van der Waals surface area contributed by atoms with Crippen LogP contribution in [-0.4, -0.2) is 24.5 Å². The second-order valence-electron chi connectivity index (χ2n) is 4.97. The highest BCUT2D eigenvalue weighted by molar-refractivity contribution is 7.12. The van der Waals surface area contributed by atoms with Gasteiger partial charge in [0.25, 0.3) is 5.91 Å². The molecule has 22 heavy (non-hydrogen) atoms. The summed E-state index contributed by atoms with van der Waals surface area (Å²) < 4.78 is 5.25. The van der Waals surface area contributed by atoms with Crippen molar-refractivity contribution in [2.24, 2.45) is 0 Å². The van der Waals surface area contributed by atoms with E-state index in [1.54, 1.807) is 6.92 Å². The molecule has 0 radical (unpaired) electrons. The molecule has 0 aliphatic carbocycles. The number of likely N-dealkylation sites (N-methyl/N-ethyl adjacent to an activating group) is 1. The molecule has 1 amide bonds. The van der Waals surface area contributed by atoms with Gasteiger partial charge >= 0.3 is 5.97 Å². The number of benzene rings is 1. The van der Waals surface area contributed by atoms with E-state index in [1.807, 2.05) is 49.6 Å². The Kier molecular flexibility index (Phi) is 5.33. The van der Waals surface area contributed by atoms with E-state index < -0.39 is 12.1 Å². The Hall–Kier alpha value is -2.14. The summed E-state index contributed by atoms with van der Waals surface area (Å²) in [5.74, 6) is -0.756. The number of nitrogens with one attached hydrogen (secondary N) is 1. The summed E-state index contributed by atoms with van der Waals surface area (Å²) >= 11 is 1.32. The summed E-state index contributed by atoms with van der Waals surface area (Å²) in [7, 11) is 0. The highest BCUT2D eigenvalue weighted by Gasteiger charge is 2.21. The van der Waals surface area contributed by atoms with Crippen molar-refractivity contribution in [2.75, 3.05) is 6.54 Å². The second kappa shape index (κ2) is 7.22. The number of thiophene rings is 1. The maximum absolute atomic E-state index is 12.3. The van der Waals surface area contributed by atoms with Gasteiger partial charge in [0.05, 0.1) is 0 Å². The van der Waals surface area contributed by atoms with Crippen molar-refractivity contribution in [3.05, 3.63) is 46.2 Å². The summed E-state index contributed by atoms with van der Waals surface area (Å²) in [4.78, 5) is 24.5. The van der Waals surface area contributed by atoms with Gasteiger partial charge in [-0.1, -0.05) is 29.8 Å². The van der Waals surface area contributed by atoms with Crippen LogP contribution in [0.15, 0.2) is 35.7 Å². The molecule has 1 aromatic heterocycles. The van der Waals surface area contributed by atoms with Gasteiger partial charge in [0.2, 0.25) is 0 Å². The van der Waals surface area contributed by atoms with E-state index in [4.69, 9.17) is 4.74 Å². The molecular weight excluding hydrogens is 298 g/mol. The van der Waals surface area contributed by atoms with Gasteiger partial charge in [-0.25, -0.2) is 4.79 Å². The third-order valence-corrected chi connectivity index (χ3v) is 4.11. The van der Waals surface area contributed by atoms with E-state index in [-0.39, 0.29) is 5.91 Å². The fourth-order valence-electron chi connectivity index (χ4n) is 2.01. The van der Waals surface area contributed by atoms with Gasteiger partial charge in [0, 0.05) is 12.1 Å². The van der Waals surface area contributed by atoms with Crippen LogP contribution in [0.2, 0.25) is 0 Å². The molecule has 5 heteroatoms. The molecule has 1 atom stereocenters. The minimum absolute atomic E-state index is 0.288. The molecule has 1 heterocycles. The molecule has 0 spiro atoms. The van der Waals surface area contributed by atoms with E-state index in [0.29, 0.717) is 11.4 Å². The first-order valence-electron chi connectivity index (χ1n) is 7.16. The predicted molar refractivity (Wildman–Crippen MR) is 88.1 cm³/mol. The second-order valence-corrected chi connectivity index (χ2v) is 5.89. The zero-order chi connectivity index (χ0) is 16.1. The van der Waals surface area contributed by atoms with Crippen molar-refractivity contribution in [2.45, 2.75) is 26.9 Å². The van der Waals surface area contributed by atoms with E-state index in [0.717, 1.165) is 16.7 Å². The average Bonchev–Trinajstić information content (AvgIpc) is 2.97. The first-order valence-corrected chi connectivity index (χ1v) is 8.04. The Bertz CT molecular complexity index is 661. The molecule has 4 nitrogen and oxygen atoms in total. The first kappa shape index (κ1) is 16.2. The van der Waals surface area contributed by atoms with Crippen LogP contribution in [0.3, 0.4) is 0 Å². The van der Waals surface area contributed by atoms with Crippen molar-refractivity contribution in [3.63, 3.8) is 0 Å². The minimum Gasteiger partial charge on any atom is -0.448 e. The number of rotatable bonds is 5. The van der Waals surface area contributed by atoms with Crippen LogP contribution in [0.25, 0.3) is 11.1 Å². The maximum atomic E-state index is 12.3. The fourth-order valence-corrected chi connectivity index (χ4v) is 2.81. The van der Waals surface area contributed by atoms with Crippen molar-refractivity contribution >= 4 is 23.2 Å². The third-order valence-electron chi connectivity index (χ3n) is 3.22. The van der Waals surface area contributed by atoms with Crippen LogP contribution >= 0.6 is 11.3 Å². The summed E-state index contributed by atoms with van der Waals surface area (Å²) in [6, 6.07) is 9.84. The van der Waals surface area contributed by atoms with Crippen LogP contribution in [0, 0.1) is 6.92 Å². The van der Waals surface area contributed by atoms with Gasteiger partial charge in [-0.3, -0.25) is 4.79 Å². The number of aryl methyl sites for hydroxylation is 1. The van der Waals surface area contributed by atoms with Crippen LogP contribution in [-0.2, 0) is 9.53 Å². The number of carbonyl (C=O) groups excluding carboxylic acids is 2. The van der Waals surface area contributed by atoms with Crippen LogP contribution in [0.1, 0.15) is 29.1 Å². The third kappa shape index (κ3) is 3.74. The lowest BCUT2D eigenvalue weighted by molar-refractivity contribution is -0.128. The Morgan fingerprint density at radius 3 is 2.55 bits per heavy atom. The van der Waals surface area contributed by atoms with Gasteiger partial charge in [0.15, 0.2) is 6.10 Å². The Labute approximate surface area is 134 Å². The Balaban J connectivity index is 2.16. The molecule has 0 bridgehead atoms. The van der Waals surface area contributed by atoms with Crippen molar-refractivity contribution in [1.29, 1.82) is 0 Å². The number of hydrogen-bond donors (Lipinski definition) is 1. The lowest BCUT2D eigenvalue weighted by Crippen LogP contribution is -2.35. The fraction of sp³-hybridized carbons (Fsp3) is 0.294. The largest absolute Gasteiger partial charge is 0.448 e. The van der Waals surface area contributed by atoms with Gasteiger partial charge in [-0.2, -0.15) is 0 Å². The van der Waals surface area contributed by atoms with E-state index in [1.165, 1.54) is 11.3 Å². The normalized spacial score (nSPS) is 11.8. The molecule has 0 saturated carbocycles. The van der Waals surface area contributed by atoms with Crippen molar-refractivity contribution in [3.8, 4) is 11.1 Å². The molecule has 0 aliphatic heterocycles. The van der Waals surface area contributed by atoms with Crippen LogP contribution in [0.5, 0.6) is 0 Å². The monoisotopic (exact) mass is 317 g/mol. The van der Waals surface area contributed by atoms with E-state index in [9.17, 15) is 9.59 Å². The quantitative estimate of drug-likeness (QED) is 0.860. The molecule has 0 unspecified atom stereocenters. The topological polar surface area (TPSA) is 55.4 Å². The number of hydrogen-bond acceptors (Lipinski definition) is 4. The standard InChI is InChI=1S/C17H19NO3S/c1-4-18-16(19)12(3)21-17(20)15-14(9-10-22-15)13-7-5-11(2)6-8-13/h5-10,12H,4H2,1-3H3,(H,18,19)/t12-/m1/s1. The summed E-state index contributed by atoms with van der Waals surface area (Å²) in [6.07, 6.45) is -0.805. The van der Waals surface area contributed by atoms with E-state index >= 15 is 0 Å². The van der Waals surface area contributed by atoms with Gasteiger partial charge < -0.3 is 10.1 Å². The molecule has 116 valence electrons. The van der Waals surface area contributed by atoms with Crippen molar-refractivity contribution < 1.29 is 14.3 Å². The molecule has 1 N–H and O–H groups in total. The molecule has 0 aliphatic rings. The van der Waals surface area contributed by atoms with Gasteiger partial charge in [-0.15, -0.1) is 11.3 Å². The minimum atomic E-state index is -0.805. The first-order chi connectivity index (χ1) is 10.5. The zero-order valence-electron chi connectivity index (χ0n) is 12.9. The molecule has 1 aromatic carbocycles. The summed E-state index contributed by atoms with van der Waals surface area (Å²) in [6.45, 7) is 5.91. The molecular formula is C17H19NO3S. The van der Waals surface area contributed by atoms with Crippen LogP contribution < -0.4 is 5.32 Å². The van der Waals surface area contributed by atoms with Gasteiger partial charge in [0.1, 0.15) is 4.88 Å². The highest BCUT2D eigenvalue weighted by Crippen LogP contribution is 2.29. The SMILES string of the molecule is CCNC(=O)[C@@H](C)OC(=O)c1sccc1-c1ccc(C)cc1. The average molecular weight is 317 g/mol. The van der Waals surface area contributed by atoms with E-state index in [2.05, 4.69) is 5.32 Å². The number of amides is 1. The molecule has 2 rings (SSSR count). The molecule has 0 saturated heterocycles. The molecule has 0 fully saturated rings.